The van der Waals surface area contributed by atoms with Gasteiger partial charge in [-0.2, -0.15) is 0 Å². The van der Waals surface area contributed by atoms with Crippen molar-refractivity contribution < 1.29 is 19.8 Å². The van der Waals surface area contributed by atoms with Crippen molar-refractivity contribution in [3.05, 3.63) is 44.9 Å². The number of hydrogen-bond acceptors (Lipinski definition) is 5. The summed E-state index contributed by atoms with van der Waals surface area (Å²) in [5.41, 5.74) is 0.831. The SMILES string of the molecule is O=C(O)Cc1ccc(NCc2cnc(Cl)s2)cc1C(=O)O. The van der Waals surface area contributed by atoms with E-state index in [4.69, 9.17) is 21.8 Å². The van der Waals surface area contributed by atoms with E-state index in [2.05, 4.69) is 10.3 Å². The van der Waals surface area contributed by atoms with E-state index in [0.717, 1.165) is 4.88 Å². The predicted octanol–water partition coefficient (Wildman–Crippen LogP) is 2.73. The van der Waals surface area contributed by atoms with Crippen LogP contribution in [0.4, 0.5) is 5.69 Å². The van der Waals surface area contributed by atoms with Gasteiger partial charge < -0.3 is 15.5 Å². The first-order valence-electron chi connectivity index (χ1n) is 5.88. The van der Waals surface area contributed by atoms with E-state index in [1.165, 1.54) is 23.5 Å². The summed E-state index contributed by atoms with van der Waals surface area (Å²) in [6.45, 7) is 0.460. The molecule has 1 aromatic carbocycles. The van der Waals surface area contributed by atoms with Crippen molar-refractivity contribution in [1.82, 2.24) is 4.98 Å². The van der Waals surface area contributed by atoms with Crippen LogP contribution in [0.15, 0.2) is 24.4 Å². The lowest BCUT2D eigenvalue weighted by atomic mass is 10.0. The fourth-order valence-corrected chi connectivity index (χ4v) is 2.67. The van der Waals surface area contributed by atoms with Gasteiger partial charge in [-0.1, -0.05) is 17.7 Å². The molecule has 21 heavy (non-hydrogen) atoms. The first kappa shape index (κ1) is 15.3. The third kappa shape index (κ3) is 4.17. The molecule has 0 saturated heterocycles. The molecule has 0 unspecified atom stereocenters. The zero-order valence-electron chi connectivity index (χ0n) is 10.7. The van der Waals surface area contributed by atoms with Crippen molar-refractivity contribution in [3.8, 4) is 0 Å². The molecule has 3 N–H and O–H groups in total. The molecule has 0 radical (unpaired) electrons. The molecule has 1 heterocycles. The lowest BCUT2D eigenvalue weighted by molar-refractivity contribution is -0.136. The molecule has 1 aromatic heterocycles. The minimum absolute atomic E-state index is 0.0234. The third-order valence-electron chi connectivity index (χ3n) is 2.67. The molecule has 0 aliphatic carbocycles. The van der Waals surface area contributed by atoms with Gasteiger partial charge in [0.15, 0.2) is 4.47 Å². The van der Waals surface area contributed by atoms with Crippen molar-refractivity contribution >= 4 is 40.6 Å². The Balaban J connectivity index is 2.15. The molecule has 2 rings (SSSR count). The lowest BCUT2D eigenvalue weighted by Gasteiger charge is -2.09. The van der Waals surface area contributed by atoms with E-state index >= 15 is 0 Å². The second kappa shape index (κ2) is 6.55. The largest absolute Gasteiger partial charge is 0.481 e. The summed E-state index contributed by atoms with van der Waals surface area (Å²) in [4.78, 5) is 26.7. The highest BCUT2D eigenvalue weighted by Gasteiger charge is 2.13. The maximum atomic E-state index is 11.2. The molecule has 0 aliphatic rings. The van der Waals surface area contributed by atoms with Crippen LogP contribution in [-0.2, 0) is 17.8 Å². The molecule has 110 valence electrons. The molecule has 0 fully saturated rings. The zero-order valence-corrected chi connectivity index (χ0v) is 12.2. The number of rotatable bonds is 6. The fraction of sp³-hybridized carbons (Fsp3) is 0.154. The van der Waals surface area contributed by atoms with Crippen LogP contribution in [0.3, 0.4) is 0 Å². The Hall–Kier alpha value is -2.12. The van der Waals surface area contributed by atoms with E-state index in [0.29, 0.717) is 16.7 Å². The molecule has 0 bridgehead atoms. The smallest absolute Gasteiger partial charge is 0.336 e. The minimum Gasteiger partial charge on any atom is -0.481 e. The second-order valence-corrected chi connectivity index (χ2v) is 5.88. The molecule has 6 nitrogen and oxygen atoms in total. The topological polar surface area (TPSA) is 99.5 Å². The number of benzene rings is 1. The molecule has 0 spiro atoms. The Morgan fingerprint density at radius 1 is 1.33 bits per heavy atom. The molecule has 2 aromatic rings. The summed E-state index contributed by atoms with van der Waals surface area (Å²) in [6.07, 6.45) is 1.31. The Kier molecular flexibility index (Phi) is 4.77. The Morgan fingerprint density at radius 2 is 2.10 bits per heavy atom. The average Bonchev–Trinajstić information content (AvgIpc) is 2.82. The highest BCUT2D eigenvalue weighted by atomic mass is 35.5. The van der Waals surface area contributed by atoms with Gasteiger partial charge in [-0.15, -0.1) is 11.3 Å². The number of hydrogen-bond donors (Lipinski definition) is 3. The minimum atomic E-state index is -1.16. The first-order chi connectivity index (χ1) is 9.95. The second-order valence-electron chi connectivity index (χ2n) is 4.18. The first-order valence-corrected chi connectivity index (χ1v) is 7.07. The van der Waals surface area contributed by atoms with Crippen LogP contribution in [0.5, 0.6) is 0 Å². The number of aromatic nitrogens is 1. The van der Waals surface area contributed by atoms with Crippen LogP contribution in [-0.4, -0.2) is 27.1 Å². The number of carboxylic acid groups (broad SMARTS) is 2. The Morgan fingerprint density at radius 3 is 2.67 bits per heavy atom. The number of carboxylic acids is 2. The van der Waals surface area contributed by atoms with Crippen LogP contribution in [0.2, 0.25) is 4.47 Å². The van der Waals surface area contributed by atoms with Crippen LogP contribution in [0.1, 0.15) is 20.8 Å². The van der Waals surface area contributed by atoms with Crippen molar-refractivity contribution in [2.45, 2.75) is 13.0 Å². The van der Waals surface area contributed by atoms with Gasteiger partial charge in [0.2, 0.25) is 0 Å². The summed E-state index contributed by atoms with van der Waals surface area (Å²) in [5, 5.41) is 21.0. The van der Waals surface area contributed by atoms with E-state index in [-0.39, 0.29) is 17.5 Å². The maximum absolute atomic E-state index is 11.2. The number of halogens is 1. The Labute approximate surface area is 129 Å². The number of aliphatic carboxylic acids is 1. The van der Waals surface area contributed by atoms with Gasteiger partial charge in [0.25, 0.3) is 0 Å². The molecule has 8 heteroatoms. The summed E-state index contributed by atoms with van der Waals surface area (Å²) in [7, 11) is 0. The van der Waals surface area contributed by atoms with Gasteiger partial charge in [0, 0.05) is 16.8 Å². The summed E-state index contributed by atoms with van der Waals surface area (Å²) in [6, 6.07) is 4.57. The molecule has 0 aliphatic heterocycles. The normalized spacial score (nSPS) is 10.3. The van der Waals surface area contributed by atoms with Gasteiger partial charge in [0.1, 0.15) is 0 Å². The number of nitrogens with one attached hydrogen (secondary N) is 1. The number of carbonyl (C=O) groups is 2. The van der Waals surface area contributed by atoms with Crippen molar-refractivity contribution in [1.29, 1.82) is 0 Å². The molecular weight excluding hydrogens is 316 g/mol. The quantitative estimate of drug-likeness (QED) is 0.754. The monoisotopic (exact) mass is 326 g/mol. The van der Waals surface area contributed by atoms with E-state index < -0.39 is 11.9 Å². The van der Waals surface area contributed by atoms with E-state index in [1.807, 2.05) is 0 Å². The fourth-order valence-electron chi connectivity index (χ4n) is 1.76. The van der Waals surface area contributed by atoms with Crippen LogP contribution < -0.4 is 5.32 Å². The van der Waals surface area contributed by atoms with Gasteiger partial charge in [-0.3, -0.25) is 4.79 Å². The van der Waals surface area contributed by atoms with Crippen molar-refractivity contribution in [3.63, 3.8) is 0 Å². The Bertz CT molecular complexity index is 687. The highest BCUT2D eigenvalue weighted by molar-refractivity contribution is 7.15. The highest BCUT2D eigenvalue weighted by Crippen LogP contribution is 2.21. The standard InChI is InChI=1S/C13H11ClN2O4S/c14-13-16-6-9(21-13)5-15-8-2-1-7(3-11(17)18)10(4-8)12(19)20/h1-2,4,6,15H,3,5H2,(H,17,18)(H,19,20). The van der Waals surface area contributed by atoms with Gasteiger partial charge >= 0.3 is 11.9 Å². The maximum Gasteiger partial charge on any atom is 0.336 e. The third-order valence-corrected chi connectivity index (χ3v) is 3.79. The predicted molar refractivity (Wildman–Crippen MR) is 79.2 cm³/mol. The number of thiazole rings is 1. The van der Waals surface area contributed by atoms with Gasteiger partial charge in [-0.05, 0) is 17.7 Å². The average molecular weight is 327 g/mol. The molecule has 0 amide bonds. The molecule has 0 saturated carbocycles. The van der Waals surface area contributed by atoms with Crippen LogP contribution in [0, 0.1) is 0 Å². The summed E-state index contributed by atoms with van der Waals surface area (Å²) < 4.78 is 0.440. The van der Waals surface area contributed by atoms with Crippen LogP contribution in [0.25, 0.3) is 0 Å². The lowest BCUT2D eigenvalue weighted by Crippen LogP contribution is -2.09. The number of nitrogens with zero attached hydrogens (tertiary/aromatic N) is 1. The van der Waals surface area contributed by atoms with Gasteiger partial charge in [0.05, 0.1) is 18.5 Å². The van der Waals surface area contributed by atoms with E-state index in [9.17, 15) is 9.59 Å². The van der Waals surface area contributed by atoms with E-state index in [1.54, 1.807) is 12.3 Å². The number of anilines is 1. The van der Waals surface area contributed by atoms with Crippen molar-refractivity contribution in [2.24, 2.45) is 0 Å². The van der Waals surface area contributed by atoms with Crippen LogP contribution >= 0.6 is 22.9 Å². The van der Waals surface area contributed by atoms with Crippen molar-refractivity contribution in [2.75, 3.05) is 5.32 Å². The molecular formula is C13H11ClN2O4S. The molecule has 0 atom stereocenters. The van der Waals surface area contributed by atoms with Gasteiger partial charge in [-0.25, -0.2) is 9.78 Å². The summed E-state index contributed by atoms with van der Waals surface area (Å²) in [5.74, 6) is -2.23. The number of aromatic carboxylic acids is 1. The zero-order chi connectivity index (χ0) is 15.4. The summed E-state index contributed by atoms with van der Waals surface area (Å²) >= 11 is 7.05.